The highest BCUT2D eigenvalue weighted by molar-refractivity contribution is 7.90. The van der Waals surface area contributed by atoms with Gasteiger partial charge in [0.2, 0.25) is 0 Å². The number of hydrogen-bond acceptors (Lipinski definition) is 4. The molecule has 3 rings (SSSR count). The van der Waals surface area contributed by atoms with Crippen molar-refractivity contribution in [3.63, 3.8) is 0 Å². The van der Waals surface area contributed by atoms with Gasteiger partial charge in [0.15, 0.2) is 0 Å². The molecule has 0 aromatic heterocycles. The van der Waals surface area contributed by atoms with E-state index in [-0.39, 0.29) is 6.04 Å². The molecule has 0 aliphatic carbocycles. The monoisotopic (exact) mass is 325 g/mol. The molecule has 0 unspecified atom stereocenters. The van der Waals surface area contributed by atoms with Crippen molar-refractivity contribution >= 4 is 21.6 Å². The van der Waals surface area contributed by atoms with Crippen LogP contribution in [0.4, 0.5) is 11.4 Å². The third kappa shape index (κ3) is 3.06. The van der Waals surface area contributed by atoms with Crippen molar-refractivity contribution in [1.29, 1.82) is 0 Å². The van der Waals surface area contributed by atoms with Gasteiger partial charge in [0.05, 0.1) is 18.9 Å². The van der Waals surface area contributed by atoms with Gasteiger partial charge >= 0.3 is 10.2 Å². The standard InChI is InChI=1S/C15H23N3O3S/c1-12(2)16-22(19,20)18-6-5-13-3-4-14(11-15(13)18)17-7-9-21-10-8-17/h3-4,11-12,16H,5-10H2,1-2H3. The Bertz CT molecular complexity index is 639. The first-order chi connectivity index (χ1) is 10.5. The number of ether oxygens (including phenoxy) is 1. The van der Waals surface area contributed by atoms with Crippen molar-refractivity contribution in [2.75, 3.05) is 42.1 Å². The SMILES string of the molecule is CC(C)NS(=O)(=O)N1CCc2ccc(N3CCOCC3)cc21. The van der Waals surface area contributed by atoms with E-state index in [1.807, 2.05) is 26.0 Å². The van der Waals surface area contributed by atoms with Gasteiger partial charge in [-0.2, -0.15) is 13.1 Å². The van der Waals surface area contributed by atoms with Crippen LogP contribution in [0.15, 0.2) is 18.2 Å². The average Bonchev–Trinajstić information content (AvgIpc) is 2.90. The van der Waals surface area contributed by atoms with E-state index in [0.29, 0.717) is 19.8 Å². The molecule has 1 aromatic rings. The van der Waals surface area contributed by atoms with Crippen LogP contribution in [0, 0.1) is 0 Å². The minimum absolute atomic E-state index is 0.114. The molecule has 0 radical (unpaired) electrons. The number of anilines is 2. The van der Waals surface area contributed by atoms with Crippen LogP contribution in [0.5, 0.6) is 0 Å². The zero-order chi connectivity index (χ0) is 15.7. The first-order valence-electron chi connectivity index (χ1n) is 7.73. The molecule has 1 saturated heterocycles. The lowest BCUT2D eigenvalue weighted by molar-refractivity contribution is 0.122. The molecule has 2 heterocycles. The quantitative estimate of drug-likeness (QED) is 0.901. The van der Waals surface area contributed by atoms with Crippen molar-refractivity contribution in [3.05, 3.63) is 23.8 Å². The first-order valence-corrected chi connectivity index (χ1v) is 9.17. The van der Waals surface area contributed by atoms with Crippen LogP contribution >= 0.6 is 0 Å². The topological polar surface area (TPSA) is 61.9 Å². The van der Waals surface area contributed by atoms with E-state index in [4.69, 9.17) is 4.74 Å². The summed E-state index contributed by atoms with van der Waals surface area (Å²) in [6.07, 6.45) is 0.762. The van der Waals surface area contributed by atoms with E-state index in [1.165, 1.54) is 4.31 Å². The number of benzene rings is 1. The van der Waals surface area contributed by atoms with E-state index in [9.17, 15) is 8.42 Å². The lowest BCUT2D eigenvalue weighted by atomic mass is 10.1. The number of fused-ring (bicyclic) bond motifs is 1. The van der Waals surface area contributed by atoms with Crippen LogP contribution in [0.25, 0.3) is 0 Å². The molecule has 0 spiro atoms. The number of hydrogen-bond donors (Lipinski definition) is 1. The predicted octanol–water partition coefficient (Wildman–Crippen LogP) is 1.13. The highest BCUT2D eigenvalue weighted by Crippen LogP contribution is 2.34. The fraction of sp³-hybridized carbons (Fsp3) is 0.600. The van der Waals surface area contributed by atoms with E-state index in [2.05, 4.69) is 15.7 Å². The first kappa shape index (κ1) is 15.6. The highest BCUT2D eigenvalue weighted by atomic mass is 32.2. The molecule has 122 valence electrons. The second-order valence-electron chi connectivity index (χ2n) is 6.01. The molecule has 1 fully saturated rings. The maximum absolute atomic E-state index is 12.5. The van der Waals surface area contributed by atoms with E-state index in [0.717, 1.165) is 36.4 Å². The number of nitrogens with one attached hydrogen (secondary N) is 1. The zero-order valence-electron chi connectivity index (χ0n) is 13.1. The second-order valence-corrected chi connectivity index (χ2v) is 7.64. The third-order valence-corrected chi connectivity index (χ3v) is 5.70. The number of nitrogens with zero attached hydrogens (tertiary/aromatic N) is 2. The van der Waals surface area contributed by atoms with Gasteiger partial charge in [-0.1, -0.05) is 6.07 Å². The van der Waals surface area contributed by atoms with Crippen molar-refractivity contribution < 1.29 is 13.2 Å². The largest absolute Gasteiger partial charge is 0.378 e. The fourth-order valence-corrected chi connectivity index (χ4v) is 4.45. The molecule has 0 amide bonds. The van der Waals surface area contributed by atoms with Gasteiger partial charge in [-0.3, -0.25) is 4.31 Å². The van der Waals surface area contributed by atoms with E-state index >= 15 is 0 Å². The van der Waals surface area contributed by atoms with Gasteiger partial charge in [-0.05, 0) is 38.0 Å². The molecule has 2 aliphatic heterocycles. The average molecular weight is 325 g/mol. The fourth-order valence-electron chi connectivity index (χ4n) is 2.97. The molecule has 1 aromatic carbocycles. The molecule has 2 aliphatic rings. The molecule has 22 heavy (non-hydrogen) atoms. The van der Waals surface area contributed by atoms with Gasteiger partial charge in [0.25, 0.3) is 0 Å². The molecular formula is C15H23N3O3S. The van der Waals surface area contributed by atoms with Crippen LogP contribution in [0.2, 0.25) is 0 Å². The van der Waals surface area contributed by atoms with Gasteiger partial charge in [-0.15, -0.1) is 0 Å². The van der Waals surface area contributed by atoms with Gasteiger partial charge < -0.3 is 9.64 Å². The molecule has 6 nitrogen and oxygen atoms in total. The van der Waals surface area contributed by atoms with Crippen LogP contribution < -0.4 is 13.9 Å². The number of rotatable bonds is 4. The molecular weight excluding hydrogens is 302 g/mol. The summed E-state index contributed by atoms with van der Waals surface area (Å²) in [4.78, 5) is 2.24. The summed E-state index contributed by atoms with van der Waals surface area (Å²) in [6.45, 7) is 7.29. The van der Waals surface area contributed by atoms with Crippen molar-refractivity contribution in [2.45, 2.75) is 26.3 Å². The van der Waals surface area contributed by atoms with Gasteiger partial charge in [-0.25, -0.2) is 0 Å². The lowest BCUT2D eigenvalue weighted by Gasteiger charge is -2.30. The number of morpholine rings is 1. The van der Waals surface area contributed by atoms with Crippen molar-refractivity contribution in [1.82, 2.24) is 4.72 Å². The van der Waals surface area contributed by atoms with Crippen molar-refractivity contribution in [2.24, 2.45) is 0 Å². The molecule has 1 N–H and O–H groups in total. The zero-order valence-corrected chi connectivity index (χ0v) is 13.9. The summed E-state index contributed by atoms with van der Waals surface area (Å²) in [5.74, 6) is 0. The smallest absolute Gasteiger partial charge is 0.301 e. The van der Waals surface area contributed by atoms with Crippen LogP contribution in [-0.4, -0.2) is 47.3 Å². The summed E-state index contributed by atoms with van der Waals surface area (Å²) < 4.78 is 34.5. The predicted molar refractivity (Wildman–Crippen MR) is 87.7 cm³/mol. The van der Waals surface area contributed by atoms with Crippen LogP contribution in [0.3, 0.4) is 0 Å². The lowest BCUT2D eigenvalue weighted by Crippen LogP contribution is -2.43. The minimum atomic E-state index is -3.48. The molecule has 0 bridgehead atoms. The normalized spacial score (nSPS) is 18.9. The molecule has 0 saturated carbocycles. The summed E-state index contributed by atoms with van der Waals surface area (Å²) in [7, 11) is -3.48. The Morgan fingerprint density at radius 2 is 1.91 bits per heavy atom. The molecule has 0 atom stereocenters. The summed E-state index contributed by atoms with van der Waals surface area (Å²) in [5, 5.41) is 0. The van der Waals surface area contributed by atoms with Crippen LogP contribution in [0.1, 0.15) is 19.4 Å². The second kappa shape index (κ2) is 6.06. The Balaban J connectivity index is 1.89. The molecule has 7 heteroatoms. The van der Waals surface area contributed by atoms with E-state index < -0.39 is 10.2 Å². The Kier molecular flexibility index (Phi) is 4.29. The summed E-state index contributed by atoms with van der Waals surface area (Å²) in [6, 6.07) is 6.01. The third-order valence-electron chi connectivity index (χ3n) is 3.97. The maximum atomic E-state index is 12.5. The Morgan fingerprint density at radius 1 is 1.18 bits per heavy atom. The van der Waals surface area contributed by atoms with Gasteiger partial charge in [0.1, 0.15) is 0 Å². The Labute approximate surface area is 132 Å². The maximum Gasteiger partial charge on any atom is 0.301 e. The Morgan fingerprint density at radius 3 is 2.59 bits per heavy atom. The minimum Gasteiger partial charge on any atom is -0.378 e. The Hall–Kier alpha value is -1.31. The van der Waals surface area contributed by atoms with Gasteiger partial charge in [0, 0.05) is 31.4 Å². The highest BCUT2D eigenvalue weighted by Gasteiger charge is 2.30. The van der Waals surface area contributed by atoms with Crippen LogP contribution in [-0.2, 0) is 21.4 Å². The summed E-state index contributed by atoms with van der Waals surface area (Å²) in [5.41, 5.74) is 2.96. The van der Waals surface area contributed by atoms with Crippen molar-refractivity contribution in [3.8, 4) is 0 Å². The summed E-state index contributed by atoms with van der Waals surface area (Å²) >= 11 is 0. The van der Waals surface area contributed by atoms with E-state index in [1.54, 1.807) is 0 Å².